The van der Waals surface area contributed by atoms with Crippen LogP contribution in [0.25, 0.3) is 10.8 Å². The number of fused-ring (bicyclic) bond motifs is 1. The Hall–Kier alpha value is -3.67. The van der Waals surface area contributed by atoms with Gasteiger partial charge in [0.2, 0.25) is 0 Å². The van der Waals surface area contributed by atoms with Crippen LogP contribution in [-0.4, -0.2) is 24.6 Å². The van der Waals surface area contributed by atoms with Crippen molar-refractivity contribution >= 4 is 34.5 Å². The zero-order chi connectivity index (χ0) is 22.2. The number of aryl methyl sites for hydroxylation is 2. The van der Waals surface area contributed by atoms with Crippen LogP contribution in [0.4, 0.5) is 5.69 Å². The molecule has 0 bridgehead atoms. The van der Waals surface area contributed by atoms with Gasteiger partial charge >= 0.3 is 11.8 Å². The van der Waals surface area contributed by atoms with Crippen LogP contribution in [0, 0.1) is 0 Å². The first-order valence-electron chi connectivity index (χ1n) is 10.5. The Morgan fingerprint density at radius 2 is 1.61 bits per heavy atom. The molecule has 0 unspecified atom stereocenters. The number of benzene rings is 3. The van der Waals surface area contributed by atoms with Crippen LogP contribution in [0.3, 0.4) is 0 Å². The summed E-state index contributed by atoms with van der Waals surface area (Å²) < 4.78 is 5.70. The molecule has 2 N–H and O–H groups in total. The average molecular weight is 418 g/mol. The molecule has 0 aliphatic rings. The van der Waals surface area contributed by atoms with Crippen molar-refractivity contribution in [1.82, 2.24) is 5.43 Å². The predicted octanol–water partition coefficient (Wildman–Crippen LogP) is 4.45. The fourth-order valence-electron chi connectivity index (χ4n) is 3.47. The number of carbonyl (C=O) groups excluding carboxylic acids is 2. The lowest BCUT2D eigenvalue weighted by Gasteiger charge is -2.13. The van der Waals surface area contributed by atoms with Crippen molar-refractivity contribution in [1.29, 1.82) is 0 Å². The third kappa shape index (κ3) is 5.09. The van der Waals surface area contributed by atoms with Crippen molar-refractivity contribution in [3.63, 3.8) is 0 Å². The zero-order valence-corrected chi connectivity index (χ0v) is 18.1. The molecule has 0 aliphatic heterocycles. The predicted molar refractivity (Wildman–Crippen MR) is 125 cm³/mol. The largest absolute Gasteiger partial charge is 0.493 e. The topological polar surface area (TPSA) is 79.8 Å². The Morgan fingerprint density at radius 1 is 0.903 bits per heavy atom. The second-order valence-electron chi connectivity index (χ2n) is 6.94. The van der Waals surface area contributed by atoms with Crippen LogP contribution in [0.5, 0.6) is 5.75 Å². The van der Waals surface area contributed by atoms with Crippen molar-refractivity contribution < 1.29 is 14.3 Å². The molecule has 3 rings (SSSR count). The van der Waals surface area contributed by atoms with Gasteiger partial charge in [-0.25, -0.2) is 5.43 Å². The molecule has 0 heterocycles. The number of amides is 2. The molecule has 0 saturated heterocycles. The smallest absolute Gasteiger partial charge is 0.329 e. The fraction of sp³-hybridized carbons (Fsp3) is 0.240. The highest BCUT2D eigenvalue weighted by atomic mass is 16.5. The van der Waals surface area contributed by atoms with E-state index in [1.54, 1.807) is 0 Å². The standard InChI is InChI=1S/C25H27N3O3/c1-4-17-11-9-12-18(5-2)23(17)27-24(29)25(30)28-26-16-21-20-13-8-7-10-19(20)14-15-22(21)31-6-3/h7-16H,4-6H2,1-3H3,(H,27,29)(H,28,30)/b26-16-. The minimum atomic E-state index is -0.831. The summed E-state index contributed by atoms with van der Waals surface area (Å²) in [7, 11) is 0. The van der Waals surface area contributed by atoms with Crippen molar-refractivity contribution in [2.45, 2.75) is 33.6 Å². The number of carbonyl (C=O) groups is 2. The Bertz CT molecular complexity index is 1100. The minimum absolute atomic E-state index is 0.505. The number of rotatable bonds is 7. The molecule has 6 nitrogen and oxygen atoms in total. The van der Waals surface area contributed by atoms with Crippen molar-refractivity contribution in [3.8, 4) is 5.75 Å². The van der Waals surface area contributed by atoms with E-state index in [1.165, 1.54) is 6.21 Å². The van der Waals surface area contributed by atoms with Crippen LogP contribution in [0.15, 0.2) is 59.7 Å². The number of hydrazone groups is 1. The molecule has 0 aliphatic carbocycles. The number of para-hydroxylation sites is 1. The van der Waals surface area contributed by atoms with Gasteiger partial charge in [-0.1, -0.05) is 62.4 Å². The molecule has 6 heteroatoms. The van der Waals surface area contributed by atoms with Crippen LogP contribution in [0.1, 0.15) is 37.5 Å². The number of nitrogens with one attached hydrogen (secondary N) is 2. The van der Waals surface area contributed by atoms with E-state index in [9.17, 15) is 9.59 Å². The van der Waals surface area contributed by atoms with Crippen LogP contribution in [-0.2, 0) is 22.4 Å². The summed E-state index contributed by atoms with van der Waals surface area (Å²) in [5, 5.41) is 8.73. The fourth-order valence-corrected chi connectivity index (χ4v) is 3.47. The van der Waals surface area contributed by atoms with E-state index >= 15 is 0 Å². The Kier molecular flexibility index (Phi) is 7.38. The molecule has 3 aromatic carbocycles. The lowest BCUT2D eigenvalue weighted by atomic mass is 10.0. The number of anilines is 1. The van der Waals surface area contributed by atoms with Gasteiger partial charge in [-0.15, -0.1) is 0 Å². The molecule has 2 amide bonds. The first kappa shape index (κ1) is 22.0. The molecular formula is C25H27N3O3. The van der Waals surface area contributed by atoms with Crippen molar-refractivity contribution in [2.75, 3.05) is 11.9 Å². The summed E-state index contributed by atoms with van der Waals surface area (Å²) in [5.74, 6) is -0.925. The number of ether oxygens (including phenoxy) is 1. The third-order valence-electron chi connectivity index (χ3n) is 5.03. The van der Waals surface area contributed by atoms with E-state index in [-0.39, 0.29) is 0 Å². The van der Waals surface area contributed by atoms with E-state index in [0.29, 0.717) is 18.0 Å². The molecule has 0 spiro atoms. The molecule has 3 aromatic rings. The van der Waals surface area contributed by atoms with Crippen LogP contribution >= 0.6 is 0 Å². The third-order valence-corrected chi connectivity index (χ3v) is 5.03. The van der Waals surface area contributed by atoms with E-state index in [2.05, 4.69) is 15.8 Å². The number of nitrogens with zero attached hydrogens (tertiary/aromatic N) is 1. The van der Waals surface area contributed by atoms with Gasteiger partial charge in [0.25, 0.3) is 0 Å². The summed E-state index contributed by atoms with van der Waals surface area (Å²) >= 11 is 0. The van der Waals surface area contributed by atoms with Gasteiger partial charge in [-0.2, -0.15) is 5.10 Å². The highest BCUT2D eigenvalue weighted by Crippen LogP contribution is 2.26. The molecule has 31 heavy (non-hydrogen) atoms. The molecule has 0 aromatic heterocycles. The monoisotopic (exact) mass is 417 g/mol. The Morgan fingerprint density at radius 3 is 2.29 bits per heavy atom. The molecule has 0 atom stereocenters. The second-order valence-corrected chi connectivity index (χ2v) is 6.94. The first-order chi connectivity index (χ1) is 15.1. The first-order valence-corrected chi connectivity index (χ1v) is 10.5. The SMILES string of the molecule is CCOc1ccc2ccccc2c1/C=N\NC(=O)C(=O)Nc1c(CC)cccc1CC. The maximum Gasteiger partial charge on any atom is 0.329 e. The van der Waals surface area contributed by atoms with E-state index < -0.39 is 11.8 Å². The van der Waals surface area contributed by atoms with Gasteiger partial charge in [0, 0.05) is 11.3 Å². The summed E-state index contributed by atoms with van der Waals surface area (Å²) in [5.41, 5.74) is 5.74. The van der Waals surface area contributed by atoms with Crippen LogP contribution < -0.4 is 15.5 Å². The quantitative estimate of drug-likeness (QED) is 0.339. The molecule has 0 saturated carbocycles. The van der Waals surface area contributed by atoms with Crippen molar-refractivity contribution in [3.05, 3.63) is 71.3 Å². The summed E-state index contributed by atoms with van der Waals surface area (Å²) in [4.78, 5) is 24.8. The van der Waals surface area contributed by atoms with E-state index in [1.807, 2.05) is 75.4 Å². The Labute approximate surface area is 182 Å². The molecule has 0 radical (unpaired) electrons. The maximum atomic E-state index is 12.5. The highest BCUT2D eigenvalue weighted by Gasteiger charge is 2.16. The molecular weight excluding hydrogens is 390 g/mol. The molecule has 160 valence electrons. The highest BCUT2D eigenvalue weighted by molar-refractivity contribution is 6.39. The van der Waals surface area contributed by atoms with E-state index in [0.717, 1.165) is 40.3 Å². The zero-order valence-electron chi connectivity index (χ0n) is 18.1. The van der Waals surface area contributed by atoms with E-state index in [4.69, 9.17) is 4.74 Å². The lowest BCUT2D eigenvalue weighted by Crippen LogP contribution is -2.33. The van der Waals surface area contributed by atoms with Crippen LogP contribution in [0.2, 0.25) is 0 Å². The summed E-state index contributed by atoms with van der Waals surface area (Å²) in [6.07, 6.45) is 3.02. The normalized spacial score (nSPS) is 10.9. The van der Waals surface area contributed by atoms with Gasteiger partial charge in [0.1, 0.15) is 5.75 Å². The van der Waals surface area contributed by atoms with Gasteiger partial charge < -0.3 is 10.1 Å². The number of hydrogen-bond donors (Lipinski definition) is 2. The second kappa shape index (κ2) is 10.4. The molecule has 0 fully saturated rings. The van der Waals surface area contributed by atoms with Gasteiger partial charge in [-0.3, -0.25) is 9.59 Å². The van der Waals surface area contributed by atoms with Gasteiger partial charge in [0.15, 0.2) is 0 Å². The lowest BCUT2D eigenvalue weighted by molar-refractivity contribution is -0.136. The average Bonchev–Trinajstić information content (AvgIpc) is 2.80. The van der Waals surface area contributed by atoms with Gasteiger partial charge in [-0.05, 0) is 47.7 Å². The Balaban J connectivity index is 1.77. The summed E-state index contributed by atoms with van der Waals surface area (Å²) in [6, 6.07) is 17.5. The minimum Gasteiger partial charge on any atom is -0.493 e. The summed E-state index contributed by atoms with van der Waals surface area (Å²) in [6.45, 7) is 6.43. The van der Waals surface area contributed by atoms with Gasteiger partial charge in [0.05, 0.1) is 12.8 Å². The maximum absolute atomic E-state index is 12.5. The number of hydrogen-bond acceptors (Lipinski definition) is 4. The van der Waals surface area contributed by atoms with Crippen molar-refractivity contribution in [2.24, 2.45) is 5.10 Å².